The summed E-state index contributed by atoms with van der Waals surface area (Å²) < 4.78 is 43.8. The van der Waals surface area contributed by atoms with Gasteiger partial charge in [-0.15, -0.1) is 0 Å². The van der Waals surface area contributed by atoms with Crippen molar-refractivity contribution in [2.75, 3.05) is 21.3 Å². The van der Waals surface area contributed by atoms with Crippen LogP contribution in [0.4, 0.5) is 0 Å². The monoisotopic (exact) mass is 427 g/mol. The van der Waals surface area contributed by atoms with E-state index in [0.29, 0.717) is 5.75 Å². The number of benzene rings is 3. The van der Waals surface area contributed by atoms with E-state index in [9.17, 15) is 8.42 Å². The molecule has 3 aromatic rings. The first-order chi connectivity index (χ1) is 14.5. The van der Waals surface area contributed by atoms with Crippen LogP contribution in [0.15, 0.2) is 77.7 Å². The van der Waals surface area contributed by atoms with Gasteiger partial charge in [0.1, 0.15) is 17.2 Å². The van der Waals surface area contributed by atoms with Crippen LogP contribution < -0.4 is 14.2 Å². The lowest BCUT2D eigenvalue weighted by molar-refractivity contribution is 0.397. The Labute approximate surface area is 177 Å². The maximum atomic E-state index is 13.4. The van der Waals surface area contributed by atoms with Gasteiger partial charge >= 0.3 is 0 Å². The Hall–Kier alpha value is -3.03. The number of methoxy groups -OCH3 is 3. The maximum absolute atomic E-state index is 13.4. The average Bonchev–Trinajstić information content (AvgIpc) is 2.79. The third-order valence-corrected chi connectivity index (χ3v) is 6.54. The topological polar surface area (TPSA) is 65.1 Å². The number of rotatable bonds is 9. The normalized spacial score (nSPS) is 11.3. The molecule has 6 nitrogen and oxygen atoms in total. The van der Waals surface area contributed by atoms with Gasteiger partial charge in [0.2, 0.25) is 10.0 Å². The zero-order valence-electron chi connectivity index (χ0n) is 17.2. The van der Waals surface area contributed by atoms with Gasteiger partial charge < -0.3 is 14.2 Å². The van der Waals surface area contributed by atoms with Crippen molar-refractivity contribution in [1.29, 1.82) is 0 Å². The lowest BCUT2D eigenvalue weighted by atomic mass is 10.2. The van der Waals surface area contributed by atoms with Crippen molar-refractivity contribution in [3.8, 4) is 17.2 Å². The Morgan fingerprint density at radius 3 is 1.27 bits per heavy atom. The van der Waals surface area contributed by atoms with E-state index in [1.807, 2.05) is 48.5 Å². The van der Waals surface area contributed by atoms with Crippen molar-refractivity contribution in [3.05, 3.63) is 83.9 Å². The summed E-state index contributed by atoms with van der Waals surface area (Å²) >= 11 is 0. The highest BCUT2D eigenvalue weighted by Crippen LogP contribution is 2.24. The molecule has 7 heteroatoms. The molecule has 0 spiro atoms. The number of nitrogens with zero attached hydrogens (tertiary/aromatic N) is 1. The second-order valence-electron chi connectivity index (χ2n) is 6.64. The summed E-state index contributed by atoms with van der Waals surface area (Å²) in [6, 6.07) is 21.1. The van der Waals surface area contributed by atoms with Crippen LogP contribution in [0.3, 0.4) is 0 Å². The summed E-state index contributed by atoms with van der Waals surface area (Å²) in [5, 5.41) is 0. The molecule has 3 rings (SSSR count). The molecule has 0 fully saturated rings. The molecule has 0 aromatic heterocycles. The summed E-state index contributed by atoms with van der Waals surface area (Å²) in [6.45, 7) is 0.453. The van der Waals surface area contributed by atoms with E-state index in [-0.39, 0.29) is 18.0 Å². The van der Waals surface area contributed by atoms with Crippen molar-refractivity contribution in [3.63, 3.8) is 0 Å². The SMILES string of the molecule is COc1ccc(CN(Cc2ccc(OC)cc2)S(=O)(=O)c2ccc(OC)cc2)cc1. The molecule has 0 atom stereocenters. The summed E-state index contributed by atoms with van der Waals surface area (Å²) in [5.41, 5.74) is 1.72. The molecule has 0 amide bonds. The second kappa shape index (κ2) is 9.65. The smallest absolute Gasteiger partial charge is 0.243 e. The van der Waals surface area contributed by atoms with Gasteiger partial charge in [0.15, 0.2) is 0 Å². The zero-order chi connectivity index (χ0) is 21.6. The standard InChI is InChI=1S/C23H25NO5S/c1-27-20-8-4-18(5-9-20)16-24(17-19-6-10-21(28-2)11-7-19)30(25,26)23-14-12-22(29-3)13-15-23/h4-15H,16-17H2,1-3H3. The highest BCUT2D eigenvalue weighted by atomic mass is 32.2. The van der Waals surface area contributed by atoms with E-state index in [2.05, 4.69) is 0 Å². The summed E-state index contributed by atoms with van der Waals surface area (Å²) in [6.07, 6.45) is 0. The first kappa shape index (κ1) is 21.7. The third-order valence-electron chi connectivity index (χ3n) is 4.73. The fraction of sp³-hybridized carbons (Fsp3) is 0.217. The fourth-order valence-electron chi connectivity index (χ4n) is 2.99. The minimum atomic E-state index is -3.74. The minimum absolute atomic E-state index is 0.213. The van der Waals surface area contributed by atoms with Gasteiger partial charge in [-0.25, -0.2) is 8.42 Å². The molecule has 0 saturated carbocycles. The summed E-state index contributed by atoms with van der Waals surface area (Å²) in [4.78, 5) is 0.213. The molecule has 0 radical (unpaired) electrons. The first-order valence-electron chi connectivity index (χ1n) is 9.36. The van der Waals surface area contributed by atoms with E-state index in [1.165, 1.54) is 4.31 Å². The van der Waals surface area contributed by atoms with E-state index in [4.69, 9.17) is 14.2 Å². The van der Waals surface area contributed by atoms with Gasteiger partial charge in [-0.3, -0.25) is 0 Å². The lowest BCUT2D eigenvalue weighted by Crippen LogP contribution is -2.30. The molecule has 3 aromatic carbocycles. The van der Waals surface area contributed by atoms with Gasteiger partial charge in [0, 0.05) is 13.1 Å². The van der Waals surface area contributed by atoms with Crippen molar-refractivity contribution >= 4 is 10.0 Å². The molecule has 0 bridgehead atoms. The molecule has 0 aliphatic heterocycles. The molecular weight excluding hydrogens is 402 g/mol. The van der Waals surface area contributed by atoms with Crippen molar-refractivity contribution in [2.45, 2.75) is 18.0 Å². The predicted molar refractivity (Wildman–Crippen MR) is 115 cm³/mol. The van der Waals surface area contributed by atoms with E-state index in [0.717, 1.165) is 22.6 Å². The zero-order valence-corrected chi connectivity index (χ0v) is 18.1. The van der Waals surface area contributed by atoms with Crippen LogP contribution in [0.1, 0.15) is 11.1 Å². The van der Waals surface area contributed by atoms with Crippen LogP contribution in [-0.2, 0) is 23.1 Å². The maximum Gasteiger partial charge on any atom is 0.243 e. The van der Waals surface area contributed by atoms with E-state index < -0.39 is 10.0 Å². The molecule has 0 heterocycles. The predicted octanol–water partition coefficient (Wildman–Crippen LogP) is 4.10. The lowest BCUT2D eigenvalue weighted by Gasteiger charge is -2.23. The molecule has 158 valence electrons. The minimum Gasteiger partial charge on any atom is -0.497 e. The largest absolute Gasteiger partial charge is 0.497 e. The second-order valence-corrected chi connectivity index (χ2v) is 8.58. The van der Waals surface area contributed by atoms with Crippen molar-refractivity contribution in [2.24, 2.45) is 0 Å². The van der Waals surface area contributed by atoms with Gasteiger partial charge in [-0.1, -0.05) is 24.3 Å². The Morgan fingerprint density at radius 2 is 0.933 bits per heavy atom. The fourth-order valence-corrected chi connectivity index (χ4v) is 4.41. The molecule has 0 aliphatic rings. The molecule has 30 heavy (non-hydrogen) atoms. The van der Waals surface area contributed by atoms with Crippen LogP contribution in [0.5, 0.6) is 17.2 Å². The molecule has 0 N–H and O–H groups in total. The molecule has 0 saturated heterocycles. The van der Waals surface area contributed by atoms with Crippen molar-refractivity contribution in [1.82, 2.24) is 4.31 Å². The van der Waals surface area contributed by atoms with Crippen LogP contribution in [0, 0.1) is 0 Å². The summed E-state index contributed by atoms with van der Waals surface area (Å²) in [5.74, 6) is 2.04. The van der Waals surface area contributed by atoms with Gasteiger partial charge in [-0.05, 0) is 59.7 Å². The van der Waals surface area contributed by atoms with Gasteiger partial charge in [-0.2, -0.15) is 4.31 Å². The van der Waals surface area contributed by atoms with Crippen LogP contribution in [0.25, 0.3) is 0 Å². The van der Waals surface area contributed by atoms with E-state index in [1.54, 1.807) is 45.6 Å². The first-order valence-corrected chi connectivity index (χ1v) is 10.8. The Balaban J connectivity index is 1.93. The molecular formula is C23H25NO5S. The van der Waals surface area contributed by atoms with Crippen LogP contribution in [-0.4, -0.2) is 34.1 Å². The Morgan fingerprint density at radius 1 is 0.600 bits per heavy atom. The number of hydrogen-bond acceptors (Lipinski definition) is 5. The van der Waals surface area contributed by atoms with E-state index >= 15 is 0 Å². The quantitative estimate of drug-likeness (QED) is 0.514. The summed E-state index contributed by atoms with van der Waals surface area (Å²) in [7, 11) is 0.999. The number of hydrogen-bond donors (Lipinski definition) is 0. The van der Waals surface area contributed by atoms with Crippen LogP contribution in [0.2, 0.25) is 0 Å². The third kappa shape index (κ3) is 5.11. The van der Waals surface area contributed by atoms with Crippen molar-refractivity contribution < 1.29 is 22.6 Å². The number of ether oxygens (including phenoxy) is 3. The van der Waals surface area contributed by atoms with Gasteiger partial charge in [0.25, 0.3) is 0 Å². The highest BCUT2D eigenvalue weighted by molar-refractivity contribution is 7.89. The molecule has 0 unspecified atom stereocenters. The van der Waals surface area contributed by atoms with Crippen LogP contribution >= 0.6 is 0 Å². The molecule has 0 aliphatic carbocycles. The Kier molecular flexibility index (Phi) is 6.97. The average molecular weight is 428 g/mol. The Bertz CT molecular complexity index is 997. The highest BCUT2D eigenvalue weighted by Gasteiger charge is 2.25. The number of sulfonamides is 1. The van der Waals surface area contributed by atoms with Gasteiger partial charge in [0.05, 0.1) is 26.2 Å².